The van der Waals surface area contributed by atoms with Crippen molar-refractivity contribution in [2.75, 3.05) is 11.3 Å². The first-order chi connectivity index (χ1) is 14.4. The van der Waals surface area contributed by atoms with Gasteiger partial charge in [0, 0.05) is 29.0 Å². The van der Waals surface area contributed by atoms with E-state index < -0.39 is 10.0 Å². The van der Waals surface area contributed by atoms with E-state index in [0.29, 0.717) is 18.0 Å². The number of benzene rings is 2. The molecule has 2 aromatic carbocycles. The summed E-state index contributed by atoms with van der Waals surface area (Å²) in [5, 5.41) is 1.97. The van der Waals surface area contributed by atoms with Crippen LogP contribution in [0.2, 0.25) is 0 Å². The third-order valence-electron chi connectivity index (χ3n) is 4.73. The molecular formula is C22H23N3O3S2. The van der Waals surface area contributed by atoms with Crippen LogP contribution in [0.3, 0.4) is 0 Å². The van der Waals surface area contributed by atoms with E-state index in [-0.39, 0.29) is 10.8 Å². The Morgan fingerprint density at radius 1 is 1.20 bits per heavy atom. The number of anilines is 1. The van der Waals surface area contributed by atoms with Crippen LogP contribution >= 0.6 is 11.3 Å². The number of sulfonamides is 1. The van der Waals surface area contributed by atoms with Crippen LogP contribution in [0.5, 0.6) is 5.75 Å². The predicted octanol–water partition coefficient (Wildman–Crippen LogP) is 5.39. The molecule has 30 heavy (non-hydrogen) atoms. The van der Waals surface area contributed by atoms with Crippen LogP contribution in [-0.2, 0) is 10.0 Å². The number of hydrogen-bond acceptors (Lipinski definition) is 5. The maximum Gasteiger partial charge on any atom is 0.265 e. The van der Waals surface area contributed by atoms with Crippen molar-refractivity contribution in [3.63, 3.8) is 0 Å². The van der Waals surface area contributed by atoms with Crippen LogP contribution in [-0.4, -0.2) is 24.4 Å². The summed E-state index contributed by atoms with van der Waals surface area (Å²) in [6.07, 6.45) is 3.87. The summed E-state index contributed by atoms with van der Waals surface area (Å²) in [7, 11) is -3.83. The topological polar surface area (TPSA) is 72.7 Å². The molecule has 156 valence electrons. The van der Waals surface area contributed by atoms with Crippen molar-refractivity contribution in [3.8, 4) is 17.0 Å². The van der Waals surface area contributed by atoms with Gasteiger partial charge in [0.05, 0.1) is 12.3 Å². The fourth-order valence-electron chi connectivity index (χ4n) is 3.19. The Morgan fingerprint density at radius 2 is 2.03 bits per heavy atom. The fourth-order valence-corrected chi connectivity index (χ4v) is 5.12. The molecule has 0 saturated heterocycles. The molecule has 4 rings (SSSR count). The molecule has 0 radical (unpaired) electrons. The molecule has 4 aromatic rings. The quantitative estimate of drug-likeness (QED) is 0.418. The maximum absolute atomic E-state index is 13.2. The number of nitrogens with one attached hydrogen (secondary N) is 1. The Bertz CT molecular complexity index is 1260. The van der Waals surface area contributed by atoms with Crippen LogP contribution in [0.4, 0.5) is 5.69 Å². The molecule has 2 heterocycles. The summed E-state index contributed by atoms with van der Waals surface area (Å²) in [4.78, 5) is 5.63. The lowest BCUT2D eigenvalue weighted by Gasteiger charge is -2.15. The lowest BCUT2D eigenvalue weighted by Crippen LogP contribution is -2.15. The summed E-state index contributed by atoms with van der Waals surface area (Å²) in [6.45, 7) is 6.27. The molecule has 2 aromatic heterocycles. The minimum atomic E-state index is -3.83. The monoisotopic (exact) mass is 441 g/mol. The largest absolute Gasteiger partial charge is 0.492 e. The molecule has 0 bridgehead atoms. The van der Waals surface area contributed by atoms with Crippen LogP contribution in [0.25, 0.3) is 16.2 Å². The van der Waals surface area contributed by atoms with Gasteiger partial charge in [0.1, 0.15) is 10.6 Å². The van der Waals surface area contributed by atoms with Crippen LogP contribution in [0.15, 0.2) is 65.1 Å². The first kappa shape index (κ1) is 20.4. The second-order valence-corrected chi connectivity index (χ2v) is 9.72. The van der Waals surface area contributed by atoms with E-state index in [9.17, 15) is 8.42 Å². The van der Waals surface area contributed by atoms with E-state index in [0.717, 1.165) is 21.8 Å². The van der Waals surface area contributed by atoms with Gasteiger partial charge in [0.2, 0.25) is 0 Å². The summed E-state index contributed by atoms with van der Waals surface area (Å²) >= 11 is 1.55. The molecule has 6 nitrogen and oxygen atoms in total. The van der Waals surface area contributed by atoms with Gasteiger partial charge in [-0.15, -0.1) is 11.3 Å². The molecule has 0 saturated carbocycles. The molecule has 0 fully saturated rings. The van der Waals surface area contributed by atoms with Gasteiger partial charge in [0.15, 0.2) is 4.96 Å². The highest BCUT2D eigenvalue weighted by molar-refractivity contribution is 7.92. The Morgan fingerprint density at radius 3 is 2.77 bits per heavy atom. The minimum absolute atomic E-state index is 0.142. The van der Waals surface area contributed by atoms with Crippen molar-refractivity contribution in [1.82, 2.24) is 9.38 Å². The van der Waals surface area contributed by atoms with Crippen molar-refractivity contribution in [2.24, 2.45) is 0 Å². The van der Waals surface area contributed by atoms with E-state index in [2.05, 4.69) is 9.71 Å². The average Bonchev–Trinajstić information content (AvgIpc) is 3.30. The van der Waals surface area contributed by atoms with Gasteiger partial charge in [-0.05, 0) is 42.7 Å². The van der Waals surface area contributed by atoms with Crippen LogP contribution < -0.4 is 9.46 Å². The highest BCUT2D eigenvalue weighted by Gasteiger charge is 2.21. The number of thiazole rings is 1. The van der Waals surface area contributed by atoms with E-state index in [4.69, 9.17) is 4.74 Å². The molecule has 0 unspecified atom stereocenters. The number of ether oxygens (including phenoxy) is 1. The van der Waals surface area contributed by atoms with Gasteiger partial charge in [-0.1, -0.05) is 32.0 Å². The summed E-state index contributed by atoms with van der Waals surface area (Å²) in [5.74, 6) is 0.549. The number of hydrogen-bond donors (Lipinski definition) is 1. The zero-order valence-corrected chi connectivity index (χ0v) is 18.6. The smallest absolute Gasteiger partial charge is 0.265 e. The molecule has 0 atom stereocenters. The van der Waals surface area contributed by atoms with Gasteiger partial charge in [-0.25, -0.2) is 13.4 Å². The Labute approximate surface area is 180 Å². The third kappa shape index (κ3) is 4.06. The van der Waals surface area contributed by atoms with Gasteiger partial charge in [0.25, 0.3) is 10.0 Å². The molecule has 0 aliphatic carbocycles. The number of rotatable bonds is 7. The van der Waals surface area contributed by atoms with Gasteiger partial charge < -0.3 is 4.74 Å². The van der Waals surface area contributed by atoms with Crippen molar-refractivity contribution >= 4 is 32.0 Å². The van der Waals surface area contributed by atoms with Crippen molar-refractivity contribution in [3.05, 3.63) is 65.8 Å². The van der Waals surface area contributed by atoms with Crippen LogP contribution in [0, 0.1) is 0 Å². The lowest BCUT2D eigenvalue weighted by molar-refractivity contribution is 0.331. The highest BCUT2D eigenvalue weighted by Crippen LogP contribution is 2.31. The summed E-state index contributed by atoms with van der Waals surface area (Å²) < 4.78 is 36.6. The predicted molar refractivity (Wildman–Crippen MR) is 121 cm³/mol. The summed E-state index contributed by atoms with van der Waals surface area (Å²) in [6, 6.07) is 12.6. The maximum atomic E-state index is 13.2. The highest BCUT2D eigenvalue weighted by atomic mass is 32.2. The minimum Gasteiger partial charge on any atom is -0.492 e. The molecule has 1 N–H and O–H groups in total. The molecule has 0 aliphatic heterocycles. The van der Waals surface area contributed by atoms with Crippen LogP contribution in [0.1, 0.15) is 32.3 Å². The Hall–Kier alpha value is -2.84. The third-order valence-corrected chi connectivity index (χ3v) is 6.90. The van der Waals surface area contributed by atoms with E-state index in [1.807, 2.05) is 61.1 Å². The SMILES string of the molecule is CCOc1ccc(C(C)C)cc1S(=O)(=O)Nc1cccc(-c2cn3ccsc3n2)c1. The number of fused-ring (bicyclic) bond motifs is 1. The Balaban J connectivity index is 1.68. The van der Waals surface area contributed by atoms with E-state index in [1.165, 1.54) is 0 Å². The standard InChI is InChI=1S/C22H23N3O3S2/c1-4-28-20-9-8-16(15(2)3)13-21(20)30(26,27)24-18-7-5-6-17(12-18)19-14-25-10-11-29-22(25)23-19/h5-15,24H,4H2,1-3H3. The zero-order chi connectivity index (χ0) is 21.3. The molecular weight excluding hydrogens is 418 g/mol. The molecule has 0 amide bonds. The molecule has 0 spiro atoms. The first-order valence-corrected chi connectivity index (χ1v) is 12.1. The second-order valence-electron chi connectivity index (χ2n) is 7.20. The second kappa shape index (κ2) is 8.12. The van der Waals surface area contributed by atoms with E-state index >= 15 is 0 Å². The van der Waals surface area contributed by atoms with Crippen molar-refractivity contribution in [1.29, 1.82) is 0 Å². The van der Waals surface area contributed by atoms with Crippen molar-refractivity contribution in [2.45, 2.75) is 31.6 Å². The van der Waals surface area contributed by atoms with E-state index in [1.54, 1.807) is 35.6 Å². The lowest BCUT2D eigenvalue weighted by atomic mass is 10.0. The number of imidazole rings is 1. The Kier molecular flexibility index (Phi) is 5.53. The number of aromatic nitrogens is 2. The first-order valence-electron chi connectivity index (χ1n) is 9.69. The zero-order valence-electron chi connectivity index (χ0n) is 17.0. The summed E-state index contributed by atoms with van der Waals surface area (Å²) in [5.41, 5.74) is 3.04. The van der Waals surface area contributed by atoms with Crippen molar-refractivity contribution < 1.29 is 13.2 Å². The number of nitrogens with zero attached hydrogens (tertiary/aromatic N) is 2. The average molecular weight is 442 g/mol. The van der Waals surface area contributed by atoms with Gasteiger partial charge in [-0.2, -0.15) is 0 Å². The van der Waals surface area contributed by atoms with Gasteiger partial charge in [-0.3, -0.25) is 9.12 Å². The molecule has 8 heteroatoms. The normalized spacial score (nSPS) is 11.9. The fraction of sp³-hybridized carbons (Fsp3) is 0.227. The molecule has 0 aliphatic rings. The van der Waals surface area contributed by atoms with Gasteiger partial charge >= 0.3 is 0 Å².